The van der Waals surface area contributed by atoms with Gasteiger partial charge in [-0.05, 0) is 54.8 Å². The fourth-order valence-corrected chi connectivity index (χ4v) is 5.32. The predicted octanol–water partition coefficient (Wildman–Crippen LogP) is 6.14. The fraction of sp³-hybridized carbons (Fsp3) is 0.400. The van der Waals surface area contributed by atoms with Crippen molar-refractivity contribution >= 4 is 23.1 Å². The molecule has 0 radical (unpaired) electrons. The largest absolute Gasteiger partial charge is 0.497 e. The molecule has 1 saturated heterocycles. The number of thiazole rings is 1. The molecule has 6 nitrogen and oxygen atoms in total. The lowest BCUT2D eigenvalue weighted by Crippen LogP contribution is -2.57. The normalized spacial score (nSPS) is 19.5. The van der Waals surface area contributed by atoms with Gasteiger partial charge < -0.3 is 15.0 Å². The molecule has 1 aliphatic rings. The minimum Gasteiger partial charge on any atom is -0.497 e. The zero-order valence-corrected chi connectivity index (χ0v) is 21.1. The van der Waals surface area contributed by atoms with Gasteiger partial charge in [-0.1, -0.05) is 6.92 Å². The van der Waals surface area contributed by atoms with E-state index in [1.54, 1.807) is 38.1 Å². The third kappa shape index (κ3) is 6.00. The number of aromatic nitrogens is 2. The number of hydrogen-bond donors (Lipinski definition) is 1. The van der Waals surface area contributed by atoms with Crippen molar-refractivity contribution in [3.63, 3.8) is 0 Å². The molecule has 0 spiro atoms. The number of carbonyl (C=O) groups excluding carboxylic acids is 1. The maximum Gasteiger partial charge on any atom is 0.417 e. The van der Waals surface area contributed by atoms with E-state index in [0.717, 1.165) is 11.0 Å². The van der Waals surface area contributed by atoms with Crippen molar-refractivity contribution in [3.8, 4) is 16.2 Å². The lowest BCUT2D eigenvalue weighted by atomic mass is 9.88. The van der Waals surface area contributed by atoms with Crippen LogP contribution in [0.2, 0.25) is 0 Å². The first-order valence-electron chi connectivity index (χ1n) is 11.5. The number of carbonyl (C=O) groups is 1. The molecule has 0 unspecified atom stereocenters. The summed E-state index contributed by atoms with van der Waals surface area (Å²) in [7, 11) is 1.53. The number of benzene rings is 1. The third-order valence-corrected chi connectivity index (χ3v) is 7.23. The van der Waals surface area contributed by atoms with Crippen molar-refractivity contribution < 1.29 is 31.5 Å². The number of nitrogens with zero attached hydrogens (tertiary/aromatic N) is 3. The summed E-state index contributed by atoms with van der Waals surface area (Å²) in [5.74, 6) is -3.55. The number of halogens is 5. The monoisotopic (exact) mass is 540 g/mol. The van der Waals surface area contributed by atoms with Gasteiger partial charge in [0.25, 0.3) is 11.8 Å². The summed E-state index contributed by atoms with van der Waals surface area (Å²) >= 11 is 1.28. The first-order chi connectivity index (χ1) is 17.4. The Morgan fingerprint density at radius 1 is 1.22 bits per heavy atom. The number of amides is 1. The van der Waals surface area contributed by atoms with Crippen molar-refractivity contribution in [2.45, 2.75) is 38.4 Å². The molecule has 4 rings (SSSR count). The number of hydrogen-bond acceptors (Lipinski definition) is 6. The van der Waals surface area contributed by atoms with Crippen LogP contribution in [0.25, 0.3) is 10.4 Å². The van der Waals surface area contributed by atoms with E-state index in [4.69, 9.17) is 4.74 Å². The molecule has 3 aromatic rings. The first-order valence-corrected chi connectivity index (χ1v) is 12.3. The Balaban J connectivity index is 1.60. The van der Waals surface area contributed by atoms with E-state index in [1.165, 1.54) is 24.5 Å². The van der Waals surface area contributed by atoms with Crippen molar-refractivity contribution in [2.75, 3.05) is 25.5 Å². The number of nitrogens with one attached hydrogen (secondary N) is 1. The SMILES string of the molecule is COc1ccc(-c2sc(C)nc2C(=O)N2CC(F)(F)C[C@@H](C)[C@H]2CNc2ccc(C(F)(F)F)cn2)cc1. The number of rotatable bonds is 6. The molecule has 1 N–H and O–H groups in total. The highest BCUT2D eigenvalue weighted by Gasteiger charge is 2.46. The Hall–Kier alpha value is -3.28. The van der Waals surface area contributed by atoms with Gasteiger partial charge in [0, 0.05) is 19.2 Å². The molecule has 0 bridgehead atoms. The van der Waals surface area contributed by atoms with Crippen LogP contribution in [-0.2, 0) is 6.18 Å². The average molecular weight is 541 g/mol. The molecule has 37 heavy (non-hydrogen) atoms. The van der Waals surface area contributed by atoms with Crippen molar-refractivity contribution in [2.24, 2.45) is 5.92 Å². The summed E-state index contributed by atoms with van der Waals surface area (Å²) in [4.78, 5) is 23.5. The minimum atomic E-state index is -4.52. The quantitative estimate of drug-likeness (QED) is 0.381. The molecule has 1 fully saturated rings. The lowest BCUT2D eigenvalue weighted by molar-refractivity contribution is -0.137. The zero-order chi connectivity index (χ0) is 27.0. The molecular formula is C25H25F5N4O2S. The van der Waals surface area contributed by atoms with Crippen LogP contribution in [-0.4, -0.2) is 52.9 Å². The smallest absolute Gasteiger partial charge is 0.417 e. The summed E-state index contributed by atoms with van der Waals surface area (Å²) in [5.41, 5.74) is -0.115. The van der Waals surface area contributed by atoms with Crippen LogP contribution < -0.4 is 10.1 Å². The Morgan fingerprint density at radius 3 is 2.51 bits per heavy atom. The van der Waals surface area contributed by atoms with Crippen LogP contribution in [0.3, 0.4) is 0 Å². The maximum atomic E-state index is 14.6. The lowest BCUT2D eigenvalue weighted by Gasteiger charge is -2.43. The first kappa shape index (κ1) is 26.8. The van der Waals surface area contributed by atoms with E-state index in [0.29, 0.717) is 27.4 Å². The van der Waals surface area contributed by atoms with Crippen molar-refractivity contribution in [3.05, 3.63) is 58.9 Å². The number of ether oxygens (including phenoxy) is 1. The van der Waals surface area contributed by atoms with Crippen LogP contribution in [0.15, 0.2) is 42.6 Å². The molecule has 3 heterocycles. The van der Waals surface area contributed by atoms with Gasteiger partial charge in [-0.3, -0.25) is 4.79 Å². The summed E-state index contributed by atoms with van der Waals surface area (Å²) < 4.78 is 72.9. The molecule has 12 heteroatoms. The van der Waals surface area contributed by atoms with Gasteiger partial charge in [-0.2, -0.15) is 13.2 Å². The minimum absolute atomic E-state index is 0.0301. The Bertz CT molecular complexity index is 1250. The number of methoxy groups -OCH3 is 1. The molecule has 1 amide bonds. The molecule has 1 aliphatic heterocycles. The molecule has 2 atom stereocenters. The van der Waals surface area contributed by atoms with E-state index in [-0.39, 0.29) is 18.1 Å². The second-order valence-corrected chi connectivity index (χ2v) is 10.2. The summed E-state index contributed by atoms with van der Waals surface area (Å²) in [5, 5.41) is 3.51. The van der Waals surface area contributed by atoms with Gasteiger partial charge in [0.15, 0.2) is 0 Å². The molecule has 0 saturated carbocycles. The number of piperidine rings is 1. The molecule has 198 valence electrons. The third-order valence-electron chi connectivity index (χ3n) is 6.21. The van der Waals surface area contributed by atoms with Crippen LogP contribution >= 0.6 is 11.3 Å². The van der Waals surface area contributed by atoms with Gasteiger partial charge >= 0.3 is 6.18 Å². The number of alkyl halides is 5. The zero-order valence-electron chi connectivity index (χ0n) is 20.3. The van der Waals surface area contributed by atoms with Crippen LogP contribution in [0, 0.1) is 12.8 Å². The predicted molar refractivity (Wildman–Crippen MR) is 130 cm³/mol. The van der Waals surface area contributed by atoms with Gasteiger partial charge in [-0.15, -0.1) is 11.3 Å². The van der Waals surface area contributed by atoms with Crippen molar-refractivity contribution in [1.82, 2.24) is 14.9 Å². The molecule has 0 aliphatic carbocycles. The highest BCUT2D eigenvalue weighted by Crippen LogP contribution is 2.38. The van der Waals surface area contributed by atoms with Gasteiger partial charge in [0.1, 0.15) is 17.3 Å². The Morgan fingerprint density at radius 2 is 1.92 bits per heavy atom. The van der Waals surface area contributed by atoms with Crippen LogP contribution in [0.5, 0.6) is 5.75 Å². The summed E-state index contributed by atoms with van der Waals surface area (Å²) in [6, 6.07) is 8.40. The molecule has 1 aromatic carbocycles. The molecule has 2 aromatic heterocycles. The number of likely N-dealkylation sites (tertiary alicyclic amines) is 1. The van der Waals surface area contributed by atoms with Gasteiger partial charge in [0.05, 0.1) is 35.1 Å². The average Bonchev–Trinajstić information content (AvgIpc) is 3.23. The summed E-state index contributed by atoms with van der Waals surface area (Å²) in [6.45, 7) is 2.59. The van der Waals surface area contributed by atoms with Crippen LogP contribution in [0.4, 0.5) is 27.8 Å². The number of anilines is 1. The van der Waals surface area contributed by atoms with E-state index in [1.807, 2.05) is 0 Å². The highest BCUT2D eigenvalue weighted by molar-refractivity contribution is 7.15. The number of aryl methyl sites for hydroxylation is 1. The van der Waals surface area contributed by atoms with E-state index < -0.39 is 48.5 Å². The van der Waals surface area contributed by atoms with Gasteiger partial charge in [0.2, 0.25) is 0 Å². The Kier molecular flexibility index (Phi) is 7.40. The number of pyridine rings is 1. The summed E-state index contributed by atoms with van der Waals surface area (Å²) in [6.07, 6.45) is -4.25. The standard InChI is InChI=1S/C25H25F5N4O2S/c1-14-10-24(26,27)13-34(19(14)12-32-20-9-6-17(11-31-20)25(28,29)30)23(35)21-22(37-15(2)33-21)16-4-7-18(36-3)8-5-16/h4-9,11,14,19H,10,12-13H2,1-3H3,(H,31,32)/t14-,19-/m1/s1. The topological polar surface area (TPSA) is 67.3 Å². The van der Waals surface area contributed by atoms with E-state index in [9.17, 15) is 26.7 Å². The highest BCUT2D eigenvalue weighted by atomic mass is 32.1. The maximum absolute atomic E-state index is 14.6. The van der Waals surface area contributed by atoms with Crippen LogP contribution in [0.1, 0.15) is 34.4 Å². The second-order valence-electron chi connectivity index (χ2n) is 8.99. The molecular weight excluding hydrogens is 515 g/mol. The fourth-order valence-electron chi connectivity index (χ4n) is 4.40. The second kappa shape index (κ2) is 10.2. The Labute approximate surface area is 214 Å². The van der Waals surface area contributed by atoms with Crippen molar-refractivity contribution in [1.29, 1.82) is 0 Å². The van der Waals surface area contributed by atoms with E-state index >= 15 is 0 Å². The van der Waals surface area contributed by atoms with Gasteiger partial charge in [-0.25, -0.2) is 18.7 Å². The van der Waals surface area contributed by atoms with E-state index in [2.05, 4.69) is 15.3 Å².